The molecule has 1 N–H and O–H groups in total. The minimum Gasteiger partial charge on any atom is -0.388 e. The van der Waals surface area contributed by atoms with Gasteiger partial charge in [0, 0.05) is 7.11 Å². The first-order valence-electron chi connectivity index (χ1n) is 6.16. The van der Waals surface area contributed by atoms with Crippen molar-refractivity contribution < 1.29 is 9.84 Å². The van der Waals surface area contributed by atoms with Crippen LogP contribution < -0.4 is 0 Å². The molecule has 0 aliphatic heterocycles. The largest absolute Gasteiger partial charge is 0.388 e. The van der Waals surface area contributed by atoms with Gasteiger partial charge in [-0.05, 0) is 57.2 Å². The number of ether oxygens (including phenoxy) is 1. The van der Waals surface area contributed by atoms with Crippen LogP contribution in [0.15, 0.2) is 18.2 Å². The molecule has 1 aromatic rings. The van der Waals surface area contributed by atoms with E-state index in [1.165, 1.54) is 11.1 Å². The fourth-order valence-corrected chi connectivity index (χ4v) is 1.72. The van der Waals surface area contributed by atoms with E-state index < -0.39 is 6.10 Å². The summed E-state index contributed by atoms with van der Waals surface area (Å²) in [6, 6.07) is 6.14. The molecule has 2 heteroatoms. The van der Waals surface area contributed by atoms with Crippen LogP contribution in [-0.4, -0.2) is 17.8 Å². The van der Waals surface area contributed by atoms with Gasteiger partial charge in [0.15, 0.2) is 0 Å². The molecule has 1 aromatic carbocycles. The van der Waals surface area contributed by atoms with E-state index in [1.807, 2.05) is 19.9 Å². The van der Waals surface area contributed by atoms with Gasteiger partial charge in [0.2, 0.25) is 0 Å². The third-order valence-corrected chi connectivity index (χ3v) is 3.49. The van der Waals surface area contributed by atoms with Crippen LogP contribution in [0.25, 0.3) is 0 Å². The van der Waals surface area contributed by atoms with Gasteiger partial charge in [0.05, 0.1) is 11.7 Å². The van der Waals surface area contributed by atoms with Crippen molar-refractivity contribution in [1.82, 2.24) is 0 Å². The highest BCUT2D eigenvalue weighted by atomic mass is 16.5. The summed E-state index contributed by atoms with van der Waals surface area (Å²) in [5.41, 5.74) is 3.33. The maximum atomic E-state index is 10.1. The topological polar surface area (TPSA) is 29.5 Å². The number of hydrogen-bond donors (Lipinski definition) is 1. The number of aryl methyl sites for hydroxylation is 2. The Labute approximate surface area is 105 Å². The van der Waals surface area contributed by atoms with Crippen molar-refractivity contribution in [2.24, 2.45) is 0 Å². The van der Waals surface area contributed by atoms with Gasteiger partial charge >= 0.3 is 0 Å². The molecule has 0 heterocycles. The number of benzene rings is 1. The maximum absolute atomic E-state index is 10.1. The standard InChI is InChI=1S/C15H24O2/c1-11-6-7-13(10-12(11)2)14(16)8-9-15(3,4)17-5/h6-7,10,14,16H,8-9H2,1-5H3. The van der Waals surface area contributed by atoms with Crippen molar-refractivity contribution in [2.45, 2.75) is 52.2 Å². The Morgan fingerprint density at radius 2 is 1.88 bits per heavy atom. The summed E-state index contributed by atoms with van der Waals surface area (Å²) < 4.78 is 5.36. The van der Waals surface area contributed by atoms with Crippen molar-refractivity contribution in [3.8, 4) is 0 Å². The van der Waals surface area contributed by atoms with Crippen molar-refractivity contribution in [3.63, 3.8) is 0 Å². The van der Waals surface area contributed by atoms with Gasteiger partial charge in [-0.15, -0.1) is 0 Å². The maximum Gasteiger partial charge on any atom is 0.0791 e. The first kappa shape index (κ1) is 14.2. The Bertz CT molecular complexity index is 369. The fraction of sp³-hybridized carbons (Fsp3) is 0.600. The predicted molar refractivity (Wildman–Crippen MR) is 71.2 cm³/mol. The minimum atomic E-state index is -0.399. The summed E-state index contributed by atoms with van der Waals surface area (Å²) in [7, 11) is 1.71. The van der Waals surface area contributed by atoms with Crippen LogP contribution in [0.4, 0.5) is 0 Å². The third kappa shape index (κ3) is 4.14. The second-order valence-electron chi connectivity index (χ2n) is 5.36. The molecule has 0 bridgehead atoms. The highest BCUT2D eigenvalue weighted by Gasteiger charge is 2.19. The zero-order valence-corrected chi connectivity index (χ0v) is 11.6. The van der Waals surface area contributed by atoms with E-state index in [9.17, 15) is 5.11 Å². The Balaban J connectivity index is 2.64. The molecule has 0 amide bonds. The smallest absolute Gasteiger partial charge is 0.0791 e. The Morgan fingerprint density at radius 1 is 1.24 bits per heavy atom. The monoisotopic (exact) mass is 236 g/mol. The van der Waals surface area contributed by atoms with Crippen LogP contribution in [0.1, 0.15) is 49.5 Å². The summed E-state index contributed by atoms with van der Waals surface area (Å²) in [6.45, 7) is 8.24. The van der Waals surface area contributed by atoms with E-state index in [1.54, 1.807) is 7.11 Å². The van der Waals surface area contributed by atoms with E-state index in [4.69, 9.17) is 4.74 Å². The van der Waals surface area contributed by atoms with Crippen molar-refractivity contribution in [3.05, 3.63) is 34.9 Å². The lowest BCUT2D eigenvalue weighted by atomic mass is 9.95. The Morgan fingerprint density at radius 3 is 2.41 bits per heavy atom. The molecular formula is C15H24O2. The van der Waals surface area contributed by atoms with Crippen LogP contribution in [0.3, 0.4) is 0 Å². The number of aliphatic hydroxyl groups excluding tert-OH is 1. The Kier molecular flexibility index (Phi) is 4.72. The Hall–Kier alpha value is -0.860. The van der Waals surface area contributed by atoms with Crippen LogP contribution in [-0.2, 0) is 4.74 Å². The van der Waals surface area contributed by atoms with Crippen LogP contribution in [0, 0.1) is 13.8 Å². The SMILES string of the molecule is COC(C)(C)CCC(O)c1ccc(C)c(C)c1. The van der Waals surface area contributed by atoms with Crippen LogP contribution in [0.2, 0.25) is 0 Å². The van der Waals surface area contributed by atoms with Gasteiger partial charge in [-0.3, -0.25) is 0 Å². The summed E-state index contributed by atoms with van der Waals surface area (Å²) in [6.07, 6.45) is 1.17. The molecule has 0 aliphatic rings. The summed E-state index contributed by atoms with van der Waals surface area (Å²) in [5.74, 6) is 0. The molecular weight excluding hydrogens is 212 g/mol. The fourth-order valence-electron chi connectivity index (χ4n) is 1.72. The summed E-state index contributed by atoms with van der Waals surface area (Å²) in [4.78, 5) is 0. The number of aliphatic hydroxyl groups is 1. The highest BCUT2D eigenvalue weighted by Crippen LogP contribution is 2.25. The van der Waals surface area contributed by atoms with E-state index in [2.05, 4.69) is 26.0 Å². The molecule has 0 aliphatic carbocycles. The molecule has 1 atom stereocenters. The number of hydrogen-bond acceptors (Lipinski definition) is 2. The van der Waals surface area contributed by atoms with Crippen molar-refractivity contribution in [1.29, 1.82) is 0 Å². The first-order valence-corrected chi connectivity index (χ1v) is 6.16. The lowest BCUT2D eigenvalue weighted by Gasteiger charge is -2.24. The van der Waals surface area contributed by atoms with Gasteiger partial charge in [-0.1, -0.05) is 18.2 Å². The van der Waals surface area contributed by atoms with Gasteiger partial charge < -0.3 is 9.84 Å². The molecule has 0 spiro atoms. The molecule has 0 fully saturated rings. The summed E-state index contributed by atoms with van der Waals surface area (Å²) in [5, 5.41) is 10.1. The van der Waals surface area contributed by atoms with Gasteiger partial charge in [-0.2, -0.15) is 0 Å². The molecule has 1 rings (SSSR count). The lowest BCUT2D eigenvalue weighted by molar-refractivity contribution is 0.00278. The minimum absolute atomic E-state index is 0.166. The second kappa shape index (κ2) is 5.65. The van der Waals surface area contributed by atoms with Crippen LogP contribution in [0.5, 0.6) is 0 Å². The van der Waals surface area contributed by atoms with Gasteiger partial charge in [0.25, 0.3) is 0 Å². The molecule has 0 saturated carbocycles. The average molecular weight is 236 g/mol. The normalized spacial score (nSPS) is 13.8. The second-order valence-corrected chi connectivity index (χ2v) is 5.36. The molecule has 96 valence electrons. The van der Waals surface area contributed by atoms with E-state index >= 15 is 0 Å². The van der Waals surface area contributed by atoms with Gasteiger partial charge in [-0.25, -0.2) is 0 Å². The molecule has 0 aromatic heterocycles. The van der Waals surface area contributed by atoms with E-state index in [-0.39, 0.29) is 5.60 Å². The third-order valence-electron chi connectivity index (χ3n) is 3.49. The zero-order valence-electron chi connectivity index (χ0n) is 11.6. The average Bonchev–Trinajstić information content (AvgIpc) is 2.30. The number of rotatable bonds is 5. The predicted octanol–water partition coefficient (Wildman–Crippen LogP) is 3.54. The highest BCUT2D eigenvalue weighted by molar-refractivity contribution is 5.31. The van der Waals surface area contributed by atoms with E-state index in [0.717, 1.165) is 18.4 Å². The van der Waals surface area contributed by atoms with Crippen molar-refractivity contribution in [2.75, 3.05) is 7.11 Å². The van der Waals surface area contributed by atoms with E-state index in [0.29, 0.717) is 0 Å². The quantitative estimate of drug-likeness (QED) is 0.847. The molecule has 0 saturated heterocycles. The lowest BCUT2D eigenvalue weighted by Crippen LogP contribution is -2.23. The first-order chi connectivity index (χ1) is 7.85. The molecule has 17 heavy (non-hydrogen) atoms. The summed E-state index contributed by atoms with van der Waals surface area (Å²) >= 11 is 0. The van der Waals surface area contributed by atoms with Crippen molar-refractivity contribution >= 4 is 0 Å². The van der Waals surface area contributed by atoms with Gasteiger partial charge in [0.1, 0.15) is 0 Å². The molecule has 0 radical (unpaired) electrons. The van der Waals surface area contributed by atoms with Crippen LogP contribution >= 0.6 is 0 Å². The number of methoxy groups -OCH3 is 1. The zero-order chi connectivity index (χ0) is 13.1. The molecule has 2 nitrogen and oxygen atoms in total. The molecule has 1 unspecified atom stereocenters.